The highest BCUT2D eigenvalue weighted by molar-refractivity contribution is 7.13. The van der Waals surface area contributed by atoms with Crippen LogP contribution in [0.15, 0.2) is 17.6 Å². The van der Waals surface area contributed by atoms with Crippen molar-refractivity contribution in [2.75, 3.05) is 7.05 Å². The first-order chi connectivity index (χ1) is 9.47. The second-order valence-corrected chi connectivity index (χ2v) is 5.74. The molecule has 0 aliphatic carbocycles. The zero-order valence-corrected chi connectivity index (χ0v) is 12.9. The van der Waals surface area contributed by atoms with Gasteiger partial charge in [-0.15, -0.1) is 11.3 Å². The molecule has 2 aromatic heterocycles. The molecular weight excluding hydrogens is 274 g/mol. The molecule has 0 saturated carbocycles. The van der Waals surface area contributed by atoms with Crippen LogP contribution in [0.2, 0.25) is 0 Å². The first-order valence-corrected chi connectivity index (χ1v) is 7.30. The van der Waals surface area contributed by atoms with Crippen LogP contribution in [-0.4, -0.2) is 38.8 Å². The van der Waals surface area contributed by atoms with Crippen molar-refractivity contribution in [1.29, 1.82) is 0 Å². The minimum Gasteiger partial charge on any atom is -0.332 e. The number of carbonyl (C=O) groups is 1. The minimum absolute atomic E-state index is 0.0904. The summed E-state index contributed by atoms with van der Waals surface area (Å²) in [5, 5.41) is 9.98. The van der Waals surface area contributed by atoms with Crippen LogP contribution in [-0.2, 0) is 13.6 Å². The lowest BCUT2D eigenvalue weighted by Crippen LogP contribution is -2.40. The smallest absolute Gasteiger partial charge is 0.317 e. The van der Waals surface area contributed by atoms with Crippen LogP contribution in [0.4, 0.5) is 4.79 Å². The summed E-state index contributed by atoms with van der Waals surface area (Å²) >= 11 is 1.53. The van der Waals surface area contributed by atoms with Gasteiger partial charge in [-0.1, -0.05) is 0 Å². The standard InChI is InChI=1S/C13H19N5OS/c1-9(2)18(4)13(19)14-7-10-8-20-12(15-10)11-5-6-17(3)16-11/h5-6,8-9H,7H2,1-4H3,(H,14,19). The van der Waals surface area contributed by atoms with E-state index in [0.29, 0.717) is 6.54 Å². The maximum atomic E-state index is 11.8. The molecule has 6 nitrogen and oxygen atoms in total. The molecule has 0 atom stereocenters. The van der Waals surface area contributed by atoms with Gasteiger partial charge in [-0.2, -0.15) is 5.10 Å². The number of urea groups is 1. The lowest BCUT2D eigenvalue weighted by atomic mass is 10.3. The molecule has 2 heterocycles. The predicted octanol–water partition coefficient (Wildman–Crippen LogP) is 2.09. The third-order valence-electron chi connectivity index (χ3n) is 3.00. The molecule has 7 heteroatoms. The Hall–Kier alpha value is -1.89. The molecule has 2 rings (SSSR count). The van der Waals surface area contributed by atoms with Crippen molar-refractivity contribution in [1.82, 2.24) is 25.0 Å². The van der Waals surface area contributed by atoms with Gasteiger partial charge in [-0.3, -0.25) is 4.68 Å². The normalized spacial score (nSPS) is 10.8. The first kappa shape index (κ1) is 14.5. The average Bonchev–Trinajstić information content (AvgIpc) is 3.03. The van der Waals surface area contributed by atoms with E-state index in [1.807, 2.05) is 38.5 Å². The number of aromatic nitrogens is 3. The molecular formula is C13H19N5OS. The minimum atomic E-state index is -0.0904. The molecule has 2 amide bonds. The van der Waals surface area contributed by atoms with Crippen molar-refractivity contribution in [2.24, 2.45) is 7.05 Å². The Bertz CT molecular complexity index is 589. The van der Waals surface area contributed by atoms with E-state index in [1.165, 1.54) is 11.3 Å². The summed E-state index contributed by atoms with van der Waals surface area (Å²) in [6, 6.07) is 2.01. The van der Waals surface area contributed by atoms with Crippen molar-refractivity contribution >= 4 is 17.4 Å². The molecule has 0 unspecified atom stereocenters. The Kier molecular flexibility index (Phi) is 4.39. The van der Waals surface area contributed by atoms with E-state index >= 15 is 0 Å². The fraction of sp³-hybridized carbons (Fsp3) is 0.462. The van der Waals surface area contributed by atoms with Crippen molar-refractivity contribution in [3.63, 3.8) is 0 Å². The molecule has 0 fully saturated rings. The predicted molar refractivity (Wildman–Crippen MR) is 79.5 cm³/mol. The molecule has 1 N–H and O–H groups in total. The van der Waals surface area contributed by atoms with E-state index in [4.69, 9.17) is 0 Å². The van der Waals surface area contributed by atoms with Gasteiger partial charge in [0.1, 0.15) is 10.7 Å². The van der Waals surface area contributed by atoms with Gasteiger partial charge >= 0.3 is 6.03 Å². The zero-order valence-electron chi connectivity index (χ0n) is 12.1. The van der Waals surface area contributed by atoms with Gasteiger partial charge < -0.3 is 10.2 Å². The summed E-state index contributed by atoms with van der Waals surface area (Å²) in [5.74, 6) is 0. The highest BCUT2D eigenvalue weighted by Crippen LogP contribution is 2.21. The fourth-order valence-electron chi connectivity index (χ4n) is 1.56. The van der Waals surface area contributed by atoms with Crippen LogP contribution in [0.5, 0.6) is 0 Å². The molecule has 0 spiro atoms. The molecule has 2 aromatic rings. The number of amides is 2. The van der Waals surface area contributed by atoms with Crippen molar-refractivity contribution in [2.45, 2.75) is 26.4 Å². The molecule has 20 heavy (non-hydrogen) atoms. The lowest BCUT2D eigenvalue weighted by molar-refractivity contribution is 0.197. The van der Waals surface area contributed by atoms with Gasteiger partial charge in [-0.25, -0.2) is 9.78 Å². The summed E-state index contributed by atoms with van der Waals surface area (Å²) in [6.07, 6.45) is 1.88. The van der Waals surface area contributed by atoms with Crippen molar-refractivity contribution < 1.29 is 4.79 Å². The Morgan fingerprint density at radius 2 is 2.30 bits per heavy atom. The topological polar surface area (TPSA) is 63.1 Å². The number of carbonyl (C=O) groups excluding carboxylic acids is 1. The molecule has 0 aliphatic heterocycles. The van der Waals surface area contributed by atoms with Crippen LogP contribution in [0.3, 0.4) is 0 Å². The Morgan fingerprint density at radius 3 is 2.90 bits per heavy atom. The quantitative estimate of drug-likeness (QED) is 0.939. The lowest BCUT2D eigenvalue weighted by Gasteiger charge is -2.21. The molecule has 0 radical (unpaired) electrons. The number of aryl methyl sites for hydroxylation is 1. The van der Waals surface area contributed by atoms with Crippen LogP contribution in [0.25, 0.3) is 10.7 Å². The second-order valence-electron chi connectivity index (χ2n) is 4.88. The average molecular weight is 293 g/mol. The van der Waals surface area contributed by atoms with Gasteiger partial charge in [0.05, 0.1) is 12.2 Å². The highest BCUT2D eigenvalue weighted by atomic mass is 32.1. The third-order valence-corrected chi connectivity index (χ3v) is 3.91. The number of nitrogens with zero attached hydrogens (tertiary/aromatic N) is 4. The fourth-order valence-corrected chi connectivity index (χ4v) is 2.34. The maximum absolute atomic E-state index is 11.8. The van der Waals surface area contributed by atoms with E-state index in [9.17, 15) is 4.79 Å². The summed E-state index contributed by atoms with van der Waals surface area (Å²) in [7, 11) is 3.65. The molecule has 0 bridgehead atoms. The van der Waals surface area contributed by atoms with Crippen LogP contribution >= 0.6 is 11.3 Å². The second kappa shape index (κ2) is 6.04. The summed E-state index contributed by atoms with van der Waals surface area (Å²) in [6.45, 7) is 4.38. The number of thiazole rings is 1. The molecule has 0 saturated heterocycles. The van der Waals surface area contributed by atoms with Gasteiger partial charge in [0, 0.05) is 31.7 Å². The van der Waals surface area contributed by atoms with E-state index in [2.05, 4.69) is 15.4 Å². The molecule has 0 aromatic carbocycles. The first-order valence-electron chi connectivity index (χ1n) is 6.42. The van der Waals surface area contributed by atoms with Gasteiger partial charge in [-0.05, 0) is 19.9 Å². The van der Waals surface area contributed by atoms with Gasteiger partial charge in [0.25, 0.3) is 0 Å². The van der Waals surface area contributed by atoms with Gasteiger partial charge in [0.15, 0.2) is 0 Å². The molecule has 108 valence electrons. The summed E-state index contributed by atoms with van der Waals surface area (Å²) in [5.41, 5.74) is 1.70. The highest BCUT2D eigenvalue weighted by Gasteiger charge is 2.12. The van der Waals surface area contributed by atoms with E-state index in [1.54, 1.807) is 16.6 Å². The monoisotopic (exact) mass is 293 g/mol. The van der Waals surface area contributed by atoms with E-state index in [-0.39, 0.29) is 12.1 Å². The van der Waals surface area contributed by atoms with Crippen molar-refractivity contribution in [3.8, 4) is 10.7 Å². The van der Waals surface area contributed by atoms with E-state index in [0.717, 1.165) is 16.4 Å². The number of hydrogen-bond acceptors (Lipinski definition) is 4. The largest absolute Gasteiger partial charge is 0.332 e. The third kappa shape index (κ3) is 3.36. The Morgan fingerprint density at radius 1 is 1.55 bits per heavy atom. The Balaban J connectivity index is 1.95. The van der Waals surface area contributed by atoms with Crippen LogP contribution in [0.1, 0.15) is 19.5 Å². The van der Waals surface area contributed by atoms with E-state index < -0.39 is 0 Å². The number of rotatable bonds is 4. The van der Waals surface area contributed by atoms with Crippen LogP contribution in [0, 0.1) is 0 Å². The zero-order chi connectivity index (χ0) is 14.7. The number of nitrogens with one attached hydrogen (secondary N) is 1. The van der Waals surface area contributed by atoms with Crippen molar-refractivity contribution in [3.05, 3.63) is 23.3 Å². The summed E-state index contributed by atoms with van der Waals surface area (Å²) in [4.78, 5) is 18.0. The molecule has 0 aliphatic rings. The summed E-state index contributed by atoms with van der Waals surface area (Å²) < 4.78 is 1.75. The Labute approximate surface area is 122 Å². The number of hydrogen-bond donors (Lipinski definition) is 1. The van der Waals surface area contributed by atoms with Gasteiger partial charge in [0.2, 0.25) is 0 Å². The maximum Gasteiger partial charge on any atom is 0.317 e. The SMILES string of the molecule is CC(C)N(C)C(=O)NCc1csc(-c2ccn(C)n2)n1. The van der Waals surface area contributed by atoms with Crippen LogP contribution < -0.4 is 5.32 Å².